The van der Waals surface area contributed by atoms with Crippen LogP contribution >= 0.6 is 23.6 Å². The number of morpholine rings is 1. The maximum atomic E-state index is 12.9. The van der Waals surface area contributed by atoms with Crippen LogP contribution in [-0.2, 0) is 17.6 Å². The molecule has 0 spiro atoms. The SMILES string of the molecule is CC(C)(C)C1CCc2c(sc(NC(=S)NC(=O)c3ccc(N4CCOCC4)c([N+](=O)[O-])c3)c2C#N)C1. The van der Waals surface area contributed by atoms with Gasteiger partial charge in [0, 0.05) is 29.6 Å². The molecule has 1 saturated heterocycles. The third-order valence-electron chi connectivity index (χ3n) is 6.84. The highest BCUT2D eigenvalue weighted by atomic mass is 32.1. The van der Waals surface area contributed by atoms with E-state index in [0.29, 0.717) is 48.5 Å². The van der Waals surface area contributed by atoms with Gasteiger partial charge in [0.15, 0.2) is 5.11 Å². The third kappa shape index (κ3) is 5.51. The van der Waals surface area contributed by atoms with Gasteiger partial charge in [0.05, 0.1) is 23.7 Å². The Morgan fingerprint density at radius 1 is 1.33 bits per heavy atom. The Labute approximate surface area is 219 Å². The zero-order valence-electron chi connectivity index (χ0n) is 20.6. The Kier molecular flexibility index (Phi) is 7.59. The van der Waals surface area contributed by atoms with Gasteiger partial charge in [0.1, 0.15) is 16.8 Å². The highest BCUT2D eigenvalue weighted by Crippen LogP contribution is 2.44. The van der Waals surface area contributed by atoms with Crippen molar-refractivity contribution in [1.29, 1.82) is 5.26 Å². The van der Waals surface area contributed by atoms with Crippen molar-refractivity contribution in [3.63, 3.8) is 0 Å². The van der Waals surface area contributed by atoms with Crippen LogP contribution in [-0.4, -0.2) is 42.2 Å². The Morgan fingerprint density at radius 3 is 2.69 bits per heavy atom. The molecule has 9 nitrogen and oxygen atoms in total. The van der Waals surface area contributed by atoms with Crippen molar-refractivity contribution in [3.05, 3.63) is 49.9 Å². The molecule has 11 heteroatoms. The summed E-state index contributed by atoms with van der Waals surface area (Å²) in [5, 5.41) is 27.8. The highest BCUT2D eigenvalue weighted by Gasteiger charge is 2.32. The molecule has 1 fully saturated rings. The number of fused-ring (bicyclic) bond motifs is 1. The minimum atomic E-state index is -0.559. The second-order valence-electron chi connectivity index (χ2n) is 10.1. The van der Waals surface area contributed by atoms with E-state index in [-0.39, 0.29) is 21.8 Å². The molecule has 4 rings (SSSR count). The number of ether oxygens (including phenoxy) is 1. The topological polar surface area (TPSA) is 121 Å². The molecule has 1 aromatic carbocycles. The van der Waals surface area contributed by atoms with Crippen LogP contribution in [0.3, 0.4) is 0 Å². The number of nitro groups is 1. The summed E-state index contributed by atoms with van der Waals surface area (Å²) >= 11 is 6.86. The Balaban J connectivity index is 1.48. The number of carbonyl (C=O) groups excluding carboxylic acids is 1. The molecule has 1 aromatic heterocycles. The Morgan fingerprint density at radius 2 is 2.06 bits per heavy atom. The highest BCUT2D eigenvalue weighted by molar-refractivity contribution is 7.80. The number of nitrogens with one attached hydrogen (secondary N) is 2. The number of nitrogens with zero attached hydrogens (tertiary/aromatic N) is 3. The summed E-state index contributed by atoms with van der Waals surface area (Å²) in [5.41, 5.74) is 2.26. The maximum Gasteiger partial charge on any atom is 0.293 e. The molecule has 190 valence electrons. The predicted molar refractivity (Wildman–Crippen MR) is 144 cm³/mol. The molecular weight excluding hydrogens is 498 g/mol. The van der Waals surface area contributed by atoms with Crippen LogP contribution in [0.4, 0.5) is 16.4 Å². The average Bonchev–Trinajstić information content (AvgIpc) is 3.19. The van der Waals surface area contributed by atoms with E-state index in [9.17, 15) is 20.2 Å². The van der Waals surface area contributed by atoms with Crippen LogP contribution in [0, 0.1) is 32.8 Å². The lowest BCUT2D eigenvalue weighted by molar-refractivity contribution is -0.384. The predicted octanol–water partition coefficient (Wildman–Crippen LogP) is 4.64. The fraction of sp³-hybridized carbons (Fsp3) is 0.480. The van der Waals surface area contributed by atoms with Crippen LogP contribution in [0.25, 0.3) is 0 Å². The smallest absolute Gasteiger partial charge is 0.293 e. The molecule has 1 amide bonds. The molecule has 1 aliphatic carbocycles. The zero-order chi connectivity index (χ0) is 26.0. The summed E-state index contributed by atoms with van der Waals surface area (Å²) < 4.78 is 5.32. The van der Waals surface area contributed by atoms with Crippen molar-refractivity contribution in [2.24, 2.45) is 11.3 Å². The summed E-state index contributed by atoms with van der Waals surface area (Å²) in [7, 11) is 0. The number of nitro benzene ring substituents is 1. The van der Waals surface area contributed by atoms with Crippen LogP contribution in [0.5, 0.6) is 0 Å². The Bertz CT molecular complexity index is 1240. The number of hydrogen-bond acceptors (Lipinski definition) is 8. The molecule has 2 heterocycles. The van der Waals surface area contributed by atoms with Gasteiger partial charge in [-0.15, -0.1) is 11.3 Å². The quantitative estimate of drug-likeness (QED) is 0.335. The first-order valence-corrected chi connectivity index (χ1v) is 13.1. The number of thiophene rings is 1. The van der Waals surface area contributed by atoms with E-state index in [0.717, 1.165) is 24.8 Å². The van der Waals surface area contributed by atoms with E-state index < -0.39 is 10.8 Å². The van der Waals surface area contributed by atoms with Gasteiger partial charge in [0.25, 0.3) is 11.6 Å². The minimum Gasteiger partial charge on any atom is -0.378 e. The number of hydrogen-bond donors (Lipinski definition) is 2. The fourth-order valence-corrected chi connectivity index (χ4v) is 6.27. The summed E-state index contributed by atoms with van der Waals surface area (Å²) in [6, 6.07) is 6.69. The number of benzene rings is 1. The van der Waals surface area contributed by atoms with E-state index >= 15 is 0 Å². The normalized spacial score (nSPS) is 17.6. The van der Waals surface area contributed by atoms with Crippen molar-refractivity contribution >= 4 is 51.0 Å². The van der Waals surface area contributed by atoms with Gasteiger partial charge in [-0.2, -0.15) is 5.26 Å². The van der Waals surface area contributed by atoms with Crippen molar-refractivity contribution < 1.29 is 14.5 Å². The first-order chi connectivity index (χ1) is 17.1. The van der Waals surface area contributed by atoms with E-state index in [1.165, 1.54) is 22.3 Å². The lowest BCUT2D eigenvalue weighted by atomic mass is 9.72. The van der Waals surface area contributed by atoms with E-state index in [1.54, 1.807) is 12.1 Å². The molecular formula is C25H29N5O4S2. The summed E-state index contributed by atoms with van der Waals surface area (Å²) in [6.07, 6.45) is 2.79. The average molecular weight is 528 g/mol. The number of thiocarbonyl (C=S) groups is 1. The van der Waals surface area contributed by atoms with Gasteiger partial charge in [-0.05, 0) is 60.5 Å². The molecule has 0 saturated carbocycles. The second kappa shape index (κ2) is 10.5. The molecule has 2 aliphatic rings. The second-order valence-corrected chi connectivity index (χ2v) is 11.6. The van der Waals surface area contributed by atoms with Crippen molar-refractivity contribution in [2.75, 3.05) is 36.5 Å². The monoisotopic (exact) mass is 527 g/mol. The zero-order valence-corrected chi connectivity index (χ0v) is 22.2. The first kappa shape index (κ1) is 26.0. The van der Waals surface area contributed by atoms with Crippen molar-refractivity contribution in [3.8, 4) is 6.07 Å². The van der Waals surface area contributed by atoms with Gasteiger partial charge >= 0.3 is 0 Å². The van der Waals surface area contributed by atoms with Gasteiger partial charge in [0.2, 0.25) is 0 Å². The first-order valence-electron chi connectivity index (χ1n) is 11.9. The maximum absolute atomic E-state index is 12.9. The number of rotatable bonds is 4. The molecule has 1 atom stereocenters. The van der Waals surface area contributed by atoms with Gasteiger partial charge < -0.3 is 15.0 Å². The number of amides is 1. The molecule has 0 bridgehead atoms. The fourth-order valence-electron chi connectivity index (χ4n) is 4.72. The lowest BCUT2D eigenvalue weighted by Crippen LogP contribution is -2.37. The lowest BCUT2D eigenvalue weighted by Gasteiger charge is -2.33. The van der Waals surface area contributed by atoms with E-state index in [2.05, 4.69) is 37.5 Å². The number of nitriles is 1. The molecule has 2 aromatic rings. The molecule has 2 N–H and O–H groups in total. The van der Waals surface area contributed by atoms with Crippen LogP contribution in [0.15, 0.2) is 18.2 Å². The van der Waals surface area contributed by atoms with Crippen molar-refractivity contribution in [1.82, 2.24) is 5.32 Å². The van der Waals surface area contributed by atoms with Gasteiger partial charge in [-0.25, -0.2) is 0 Å². The summed E-state index contributed by atoms with van der Waals surface area (Å²) in [4.78, 5) is 27.1. The Hall–Kier alpha value is -3.07. The molecule has 0 radical (unpaired) electrons. The van der Waals surface area contributed by atoms with Gasteiger partial charge in [-0.1, -0.05) is 20.8 Å². The molecule has 1 unspecified atom stereocenters. The molecule has 1 aliphatic heterocycles. The summed E-state index contributed by atoms with van der Waals surface area (Å²) in [5.74, 6) is -0.0253. The third-order valence-corrected chi connectivity index (χ3v) is 8.22. The standard InChI is InChI=1S/C25H29N5O4S2/c1-25(2,3)16-5-6-17-18(14-26)23(36-21(17)13-16)28-24(35)27-22(31)15-4-7-19(20(12-15)30(32)33)29-8-10-34-11-9-29/h4,7,12,16H,5-6,8-11,13H2,1-3H3,(H2,27,28,31,35). The molecule has 36 heavy (non-hydrogen) atoms. The number of carbonyl (C=O) groups is 1. The minimum absolute atomic E-state index is 0.0439. The van der Waals surface area contributed by atoms with E-state index in [1.807, 2.05) is 4.90 Å². The van der Waals surface area contributed by atoms with Crippen molar-refractivity contribution in [2.45, 2.75) is 40.0 Å². The summed E-state index contributed by atoms with van der Waals surface area (Å²) in [6.45, 7) is 8.79. The number of anilines is 2. The van der Waals surface area contributed by atoms with Crippen LogP contribution < -0.4 is 15.5 Å². The van der Waals surface area contributed by atoms with Gasteiger partial charge in [-0.3, -0.25) is 20.2 Å². The van der Waals surface area contributed by atoms with Crippen LogP contribution in [0.2, 0.25) is 0 Å². The largest absolute Gasteiger partial charge is 0.378 e. The van der Waals surface area contributed by atoms with E-state index in [4.69, 9.17) is 17.0 Å². The van der Waals surface area contributed by atoms with Crippen LogP contribution in [0.1, 0.15) is 53.6 Å².